The maximum atomic E-state index is 12.8. The second-order valence-corrected chi connectivity index (χ2v) is 9.36. The molecule has 2 amide bonds. The fraction of sp³-hybridized carbons (Fsp3) is 0.120. The largest absolute Gasteiger partial charge is 0.337 e. The third kappa shape index (κ3) is 6.11. The highest BCUT2D eigenvalue weighted by Gasteiger charge is 2.14. The van der Waals surface area contributed by atoms with E-state index in [4.69, 9.17) is 5.14 Å². The Morgan fingerprint density at radius 1 is 0.971 bits per heavy atom. The maximum Gasteiger partial charge on any atom is 0.319 e. The molecule has 4 N–H and O–H groups in total. The summed E-state index contributed by atoms with van der Waals surface area (Å²) in [5, 5.41) is 15.3. The van der Waals surface area contributed by atoms with Gasteiger partial charge in [0, 0.05) is 24.2 Å². The zero-order valence-corrected chi connectivity index (χ0v) is 19.5. The minimum absolute atomic E-state index is 0.0159. The van der Waals surface area contributed by atoms with Crippen molar-refractivity contribution >= 4 is 21.7 Å². The van der Waals surface area contributed by atoms with Crippen LogP contribution in [0.1, 0.15) is 11.3 Å². The number of nitrogens with two attached hydrogens (primary N) is 1. The average molecular weight is 494 g/mol. The number of nitrogens with zero attached hydrogens (tertiary/aromatic N) is 2. The van der Waals surface area contributed by atoms with Crippen molar-refractivity contribution in [1.29, 1.82) is 0 Å². The first kappa shape index (κ1) is 24.1. The zero-order valence-electron chi connectivity index (χ0n) is 18.7. The molecule has 0 unspecified atom stereocenters. The Hall–Kier alpha value is -4.02. The fourth-order valence-electron chi connectivity index (χ4n) is 3.55. The molecule has 180 valence electrons. The Labute approximate surface area is 202 Å². The number of aromatic nitrogens is 2. The number of hydrogen-bond acceptors (Lipinski definition) is 4. The van der Waals surface area contributed by atoms with Gasteiger partial charge >= 0.3 is 6.03 Å². The SMILES string of the molecule is NS(=O)(=O)c1ccc(-n2nc(CCNC(=O)Nc3cccc(CF)c3)cc2-c2ccccc2)cc1. The first-order chi connectivity index (χ1) is 16.8. The smallest absolute Gasteiger partial charge is 0.319 e. The molecule has 35 heavy (non-hydrogen) atoms. The van der Waals surface area contributed by atoms with Gasteiger partial charge in [0.05, 0.1) is 22.0 Å². The van der Waals surface area contributed by atoms with Crippen LogP contribution < -0.4 is 15.8 Å². The molecule has 0 aliphatic rings. The lowest BCUT2D eigenvalue weighted by atomic mass is 10.1. The van der Waals surface area contributed by atoms with E-state index in [1.807, 2.05) is 36.4 Å². The number of alkyl halides is 1. The zero-order chi connectivity index (χ0) is 24.8. The lowest BCUT2D eigenvalue weighted by Gasteiger charge is -2.08. The third-order valence-corrected chi connectivity index (χ3v) is 6.17. The quantitative estimate of drug-likeness (QED) is 0.343. The highest BCUT2D eigenvalue weighted by Crippen LogP contribution is 2.25. The number of amides is 2. The number of benzene rings is 3. The molecule has 0 aliphatic carbocycles. The number of rotatable bonds is 8. The predicted molar refractivity (Wildman–Crippen MR) is 132 cm³/mol. The summed E-state index contributed by atoms with van der Waals surface area (Å²) in [5.74, 6) is 0. The van der Waals surface area contributed by atoms with Crippen LogP contribution in [0.2, 0.25) is 0 Å². The van der Waals surface area contributed by atoms with Crippen LogP contribution in [0, 0.1) is 0 Å². The van der Waals surface area contributed by atoms with Gasteiger partial charge in [-0.3, -0.25) is 0 Å². The summed E-state index contributed by atoms with van der Waals surface area (Å²) in [5.41, 5.74) is 4.15. The molecule has 0 bridgehead atoms. The van der Waals surface area contributed by atoms with Crippen molar-refractivity contribution in [2.75, 3.05) is 11.9 Å². The van der Waals surface area contributed by atoms with Crippen LogP contribution in [0.5, 0.6) is 0 Å². The molecule has 3 aromatic carbocycles. The van der Waals surface area contributed by atoms with Crippen LogP contribution >= 0.6 is 0 Å². The highest BCUT2D eigenvalue weighted by atomic mass is 32.2. The monoisotopic (exact) mass is 493 g/mol. The second kappa shape index (κ2) is 10.5. The summed E-state index contributed by atoms with van der Waals surface area (Å²) < 4.78 is 37.7. The van der Waals surface area contributed by atoms with E-state index in [1.54, 1.807) is 41.1 Å². The number of nitrogens with one attached hydrogen (secondary N) is 2. The molecule has 1 aromatic heterocycles. The predicted octanol–water partition coefficient (Wildman–Crippen LogP) is 4.02. The van der Waals surface area contributed by atoms with Crippen LogP contribution in [0.15, 0.2) is 89.8 Å². The molecule has 1 heterocycles. The van der Waals surface area contributed by atoms with Crippen molar-refractivity contribution in [2.45, 2.75) is 18.0 Å². The summed E-state index contributed by atoms with van der Waals surface area (Å²) in [6, 6.07) is 23.9. The fourth-order valence-corrected chi connectivity index (χ4v) is 4.07. The molecule has 0 saturated carbocycles. The Balaban J connectivity index is 1.49. The molecular weight excluding hydrogens is 469 g/mol. The molecule has 0 fully saturated rings. The van der Waals surface area contributed by atoms with Crippen molar-refractivity contribution in [3.8, 4) is 16.9 Å². The van der Waals surface area contributed by atoms with Crippen molar-refractivity contribution in [1.82, 2.24) is 15.1 Å². The Bertz CT molecular complexity index is 1420. The van der Waals surface area contributed by atoms with Crippen LogP contribution in [0.3, 0.4) is 0 Å². The Kier molecular flexibility index (Phi) is 7.23. The van der Waals surface area contributed by atoms with E-state index in [0.717, 1.165) is 17.0 Å². The van der Waals surface area contributed by atoms with Gasteiger partial charge in [-0.2, -0.15) is 5.10 Å². The number of hydrogen-bond donors (Lipinski definition) is 3. The van der Waals surface area contributed by atoms with Gasteiger partial charge in [0.15, 0.2) is 0 Å². The van der Waals surface area contributed by atoms with Gasteiger partial charge in [-0.1, -0.05) is 42.5 Å². The van der Waals surface area contributed by atoms with E-state index in [9.17, 15) is 17.6 Å². The molecule has 0 aliphatic heterocycles. The minimum atomic E-state index is -3.80. The van der Waals surface area contributed by atoms with Gasteiger partial charge in [0.25, 0.3) is 0 Å². The van der Waals surface area contributed by atoms with Crippen molar-refractivity contribution in [3.63, 3.8) is 0 Å². The van der Waals surface area contributed by atoms with Gasteiger partial charge in [0.2, 0.25) is 10.0 Å². The molecule has 4 aromatic rings. The average Bonchev–Trinajstić information content (AvgIpc) is 3.28. The summed E-state index contributed by atoms with van der Waals surface area (Å²) in [6.07, 6.45) is 0.458. The third-order valence-electron chi connectivity index (χ3n) is 5.25. The van der Waals surface area contributed by atoms with Crippen LogP contribution in [-0.4, -0.2) is 30.8 Å². The topological polar surface area (TPSA) is 119 Å². The van der Waals surface area contributed by atoms with Gasteiger partial charge in [-0.15, -0.1) is 0 Å². The summed E-state index contributed by atoms with van der Waals surface area (Å²) in [6.45, 7) is -0.279. The number of carbonyl (C=O) groups is 1. The van der Waals surface area contributed by atoms with Gasteiger partial charge < -0.3 is 10.6 Å². The number of urea groups is 1. The molecule has 0 radical (unpaired) electrons. The van der Waals surface area contributed by atoms with E-state index in [2.05, 4.69) is 15.7 Å². The van der Waals surface area contributed by atoms with E-state index >= 15 is 0 Å². The second-order valence-electron chi connectivity index (χ2n) is 7.80. The highest BCUT2D eigenvalue weighted by molar-refractivity contribution is 7.89. The summed E-state index contributed by atoms with van der Waals surface area (Å²) in [7, 11) is -3.80. The Morgan fingerprint density at radius 3 is 2.40 bits per heavy atom. The minimum Gasteiger partial charge on any atom is -0.337 e. The number of sulfonamides is 1. The van der Waals surface area contributed by atoms with Gasteiger partial charge in [-0.05, 0) is 48.0 Å². The molecular formula is C25H24FN5O3S. The Morgan fingerprint density at radius 2 is 1.71 bits per heavy atom. The summed E-state index contributed by atoms with van der Waals surface area (Å²) in [4.78, 5) is 12.2. The molecule has 0 spiro atoms. The molecule has 8 nitrogen and oxygen atoms in total. The van der Waals surface area contributed by atoms with Gasteiger partial charge in [0.1, 0.15) is 6.67 Å². The van der Waals surface area contributed by atoms with Crippen molar-refractivity contribution in [2.24, 2.45) is 5.14 Å². The first-order valence-corrected chi connectivity index (χ1v) is 12.4. The molecule has 0 saturated heterocycles. The van der Waals surface area contributed by atoms with Crippen LogP contribution in [-0.2, 0) is 23.1 Å². The van der Waals surface area contributed by atoms with Gasteiger partial charge in [-0.25, -0.2) is 27.4 Å². The number of carbonyl (C=O) groups excluding carboxylic acids is 1. The normalized spacial score (nSPS) is 11.3. The molecule has 10 heteroatoms. The van der Waals surface area contributed by atoms with Crippen molar-refractivity contribution in [3.05, 3.63) is 96.2 Å². The first-order valence-electron chi connectivity index (χ1n) is 10.8. The lowest BCUT2D eigenvalue weighted by molar-refractivity contribution is 0.252. The molecule has 0 atom stereocenters. The number of primary sulfonamides is 1. The van der Waals surface area contributed by atoms with E-state index < -0.39 is 22.7 Å². The molecule has 4 rings (SSSR count). The standard InChI is InChI=1S/C25H24FN5O3S/c26-17-18-5-4-8-20(15-18)29-25(32)28-14-13-21-16-24(19-6-2-1-3-7-19)31(30-21)22-9-11-23(12-10-22)35(27,33)34/h1-12,15-16H,13-14,17H2,(H2,27,33,34)(H2,28,29,32). The number of anilines is 1. The van der Waals surface area contributed by atoms with E-state index in [0.29, 0.717) is 29.9 Å². The lowest BCUT2D eigenvalue weighted by Crippen LogP contribution is -2.30. The summed E-state index contributed by atoms with van der Waals surface area (Å²) >= 11 is 0. The van der Waals surface area contributed by atoms with E-state index in [1.165, 1.54) is 12.1 Å². The van der Waals surface area contributed by atoms with Crippen LogP contribution in [0.4, 0.5) is 14.9 Å². The van der Waals surface area contributed by atoms with Crippen LogP contribution in [0.25, 0.3) is 16.9 Å². The number of halogens is 1. The van der Waals surface area contributed by atoms with Crippen molar-refractivity contribution < 1.29 is 17.6 Å². The maximum absolute atomic E-state index is 12.8. The van der Waals surface area contributed by atoms with E-state index in [-0.39, 0.29) is 4.90 Å².